The fourth-order valence-corrected chi connectivity index (χ4v) is 2.83. The van der Waals surface area contributed by atoms with Crippen molar-refractivity contribution in [1.29, 1.82) is 0 Å². The number of halogens is 1. The Balaban J connectivity index is 2.63. The van der Waals surface area contributed by atoms with E-state index >= 15 is 0 Å². The molecular formula is C13H20ClNOS. The first-order valence-electron chi connectivity index (χ1n) is 5.79. The Labute approximate surface area is 113 Å². The summed E-state index contributed by atoms with van der Waals surface area (Å²) in [5.41, 5.74) is 7.13. The van der Waals surface area contributed by atoms with E-state index in [-0.39, 0.29) is 6.04 Å². The number of nitrogens with two attached hydrogens (primary N) is 1. The van der Waals surface area contributed by atoms with Crippen LogP contribution in [-0.2, 0) is 11.2 Å². The molecule has 1 aromatic rings. The van der Waals surface area contributed by atoms with E-state index in [1.54, 1.807) is 7.11 Å². The number of hydrogen-bond donors (Lipinski definition) is 1. The van der Waals surface area contributed by atoms with Gasteiger partial charge < -0.3 is 10.5 Å². The molecule has 96 valence electrons. The summed E-state index contributed by atoms with van der Waals surface area (Å²) in [7, 11) is 1.73. The molecule has 2 N–H and O–H groups in total. The maximum absolute atomic E-state index is 6.02. The van der Waals surface area contributed by atoms with Crippen molar-refractivity contribution < 1.29 is 4.74 Å². The SMILES string of the molecule is COCCCSc1cc(Cl)ccc1CC(C)N. The number of benzene rings is 1. The fourth-order valence-electron chi connectivity index (χ4n) is 1.56. The van der Waals surface area contributed by atoms with Crippen molar-refractivity contribution >= 4 is 23.4 Å². The Bertz CT molecular complexity index is 344. The number of ether oxygens (including phenoxy) is 1. The van der Waals surface area contributed by atoms with Gasteiger partial charge in [0.05, 0.1) is 0 Å². The van der Waals surface area contributed by atoms with Gasteiger partial charge in [-0.3, -0.25) is 0 Å². The van der Waals surface area contributed by atoms with Crippen molar-refractivity contribution in [2.24, 2.45) is 5.73 Å². The molecule has 1 rings (SSSR count). The van der Waals surface area contributed by atoms with Crippen molar-refractivity contribution in [1.82, 2.24) is 0 Å². The van der Waals surface area contributed by atoms with Gasteiger partial charge in [-0.25, -0.2) is 0 Å². The van der Waals surface area contributed by atoms with Crippen molar-refractivity contribution in [2.45, 2.75) is 30.7 Å². The molecular weight excluding hydrogens is 254 g/mol. The average Bonchev–Trinajstić information content (AvgIpc) is 2.27. The van der Waals surface area contributed by atoms with Crippen molar-refractivity contribution in [3.8, 4) is 0 Å². The topological polar surface area (TPSA) is 35.2 Å². The van der Waals surface area contributed by atoms with Crippen LogP contribution in [0.4, 0.5) is 0 Å². The highest BCUT2D eigenvalue weighted by atomic mass is 35.5. The summed E-state index contributed by atoms with van der Waals surface area (Å²) >= 11 is 7.85. The summed E-state index contributed by atoms with van der Waals surface area (Å²) in [6.45, 7) is 2.82. The normalized spacial score (nSPS) is 12.7. The first kappa shape index (κ1) is 14.8. The molecule has 0 bridgehead atoms. The highest BCUT2D eigenvalue weighted by Crippen LogP contribution is 2.27. The third kappa shape index (κ3) is 5.77. The van der Waals surface area contributed by atoms with Crippen LogP contribution in [0.2, 0.25) is 5.02 Å². The van der Waals surface area contributed by atoms with E-state index in [1.807, 2.05) is 30.8 Å². The van der Waals surface area contributed by atoms with Gasteiger partial charge in [-0.15, -0.1) is 11.8 Å². The van der Waals surface area contributed by atoms with E-state index in [2.05, 4.69) is 6.07 Å². The zero-order chi connectivity index (χ0) is 12.7. The number of rotatable bonds is 7. The third-order valence-corrected chi connectivity index (χ3v) is 3.74. The van der Waals surface area contributed by atoms with E-state index in [9.17, 15) is 0 Å². The van der Waals surface area contributed by atoms with Crippen LogP contribution in [0.3, 0.4) is 0 Å². The molecule has 0 spiro atoms. The summed E-state index contributed by atoms with van der Waals surface area (Å²) in [5.74, 6) is 1.04. The van der Waals surface area contributed by atoms with Crippen molar-refractivity contribution in [3.63, 3.8) is 0 Å². The van der Waals surface area contributed by atoms with Gasteiger partial charge in [0.1, 0.15) is 0 Å². The summed E-state index contributed by atoms with van der Waals surface area (Å²) in [5, 5.41) is 0.785. The minimum absolute atomic E-state index is 0.175. The zero-order valence-corrected chi connectivity index (χ0v) is 12.0. The molecule has 4 heteroatoms. The Morgan fingerprint density at radius 3 is 2.88 bits per heavy atom. The lowest BCUT2D eigenvalue weighted by atomic mass is 10.1. The molecule has 1 atom stereocenters. The highest BCUT2D eigenvalue weighted by Gasteiger charge is 2.06. The Morgan fingerprint density at radius 1 is 1.47 bits per heavy atom. The molecule has 0 aliphatic carbocycles. The molecule has 0 aliphatic heterocycles. The van der Waals surface area contributed by atoms with Crippen LogP contribution in [0.25, 0.3) is 0 Å². The number of hydrogen-bond acceptors (Lipinski definition) is 3. The molecule has 0 fully saturated rings. The van der Waals surface area contributed by atoms with Crippen LogP contribution < -0.4 is 5.73 Å². The maximum Gasteiger partial charge on any atom is 0.0470 e. The van der Waals surface area contributed by atoms with Crippen molar-refractivity contribution in [3.05, 3.63) is 28.8 Å². The van der Waals surface area contributed by atoms with Crippen LogP contribution in [0.1, 0.15) is 18.9 Å². The van der Waals surface area contributed by atoms with Gasteiger partial charge >= 0.3 is 0 Å². The second-order valence-electron chi connectivity index (χ2n) is 4.13. The van der Waals surface area contributed by atoms with Gasteiger partial charge in [0.25, 0.3) is 0 Å². The molecule has 0 saturated heterocycles. The molecule has 1 aromatic carbocycles. The number of methoxy groups -OCH3 is 1. The van der Waals surface area contributed by atoms with Gasteiger partial charge in [-0.1, -0.05) is 17.7 Å². The van der Waals surface area contributed by atoms with Gasteiger partial charge in [-0.2, -0.15) is 0 Å². The largest absolute Gasteiger partial charge is 0.385 e. The second kappa shape index (κ2) is 7.98. The van der Waals surface area contributed by atoms with Gasteiger partial charge in [0, 0.05) is 35.4 Å². The molecule has 0 heterocycles. The zero-order valence-electron chi connectivity index (χ0n) is 10.4. The summed E-state index contributed by atoms with van der Waals surface area (Å²) in [6.07, 6.45) is 1.94. The maximum atomic E-state index is 6.02. The predicted molar refractivity (Wildman–Crippen MR) is 76.0 cm³/mol. The quantitative estimate of drug-likeness (QED) is 0.611. The Morgan fingerprint density at radius 2 is 2.24 bits per heavy atom. The highest BCUT2D eigenvalue weighted by molar-refractivity contribution is 7.99. The van der Waals surface area contributed by atoms with E-state index < -0.39 is 0 Å². The van der Waals surface area contributed by atoms with E-state index in [1.165, 1.54) is 10.5 Å². The molecule has 1 unspecified atom stereocenters. The number of thioether (sulfide) groups is 1. The molecule has 0 aromatic heterocycles. The monoisotopic (exact) mass is 273 g/mol. The molecule has 0 saturated carbocycles. The van der Waals surface area contributed by atoms with Crippen LogP contribution in [0.15, 0.2) is 23.1 Å². The lowest BCUT2D eigenvalue weighted by Gasteiger charge is -2.11. The first-order chi connectivity index (χ1) is 8.13. The lowest BCUT2D eigenvalue weighted by Crippen LogP contribution is -2.18. The standard InChI is InChI=1S/C13H20ClNOS/c1-10(15)8-11-4-5-12(14)9-13(11)17-7-3-6-16-2/h4-5,9-10H,3,6-8,15H2,1-2H3. The van der Waals surface area contributed by atoms with Gasteiger partial charge in [0.2, 0.25) is 0 Å². The Hall–Kier alpha value is -0.220. The molecule has 0 amide bonds. The van der Waals surface area contributed by atoms with Gasteiger partial charge in [0.15, 0.2) is 0 Å². The average molecular weight is 274 g/mol. The summed E-state index contributed by atoms with van der Waals surface area (Å²) < 4.78 is 5.04. The molecule has 17 heavy (non-hydrogen) atoms. The van der Waals surface area contributed by atoms with Crippen molar-refractivity contribution in [2.75, 3.05) is 19.5 Å². The minimum atomic E-state index is 0.175. The summed E-state index contributed by atoms with van der Waals surface area (Å²) in [4.78, 5) is 1.24. The van der Waals surface area contributed by atoms with E-state index in [0.29, 0.717) is 0 Å². The Kier molecular flexibility index (Phi) is 6.97. The van der Waals surface area contributed by atoms with E-state index in [0.717, 1.165) is 30.2 Å². The van der Waals surface area contributed by atoms with Gasteiger partial charge in [-0.05, 0) is 37.5 Å². The molecule has 0 radical (unpaired) electrons. The third-order valence-electron chi connectivity index (χ3n) is 2.32. The summed E-state index contributed by atoms with van der Waals surface area (Å²) in [6, 6.07) is 6.20. The minimum Gasteiger partial charge on any atom is -0.385 e. The van der Waals surface area contributed by atoms with Crippen LogP contribution in [0, 0.1) is 0 Å². The van der Waals surface area contributed by atoms with Crippen LogP contribution >= 0.6 is 23.4 Å². The molecule has 2 nitrogen and oxygen atoms in total. The second-order valence-corrected chi connectivity index (χ2v) is 5.70. The van der Waals surface area contributed by atoms with Crippen LogP contribution in [-0.4, -0.2) is 25.5 Å². The van der Waals surface area contributed by atoms with Crippen LogP contribution in [0.5, 0.6) is 0 Å². The first-order valence-corrected chi connectivity index (χ1v) is 7.15. The lowest BCUT2D eigenvalue weighted by molar-refractivity contribution is 0.200. The smallest absolute Gasteiger partial charge is 0.0470 e. The fraction of sp³-hybridized carbons (Fsp3) is 0.538. The predicted octanol–water partition coefficient (Wildman–Crippen LogP) is 3.36. The molecule has 0 aliphatic rings. The van der Waals surface area contributed by atoms with E-state index in [4.69, 9.17) is 22.1 Å².